The average Bonchev–Trinajstić information content (AvgIpc) is 2.77. The molecule has 0 spiro atoms. The molecule has 0 bridgehead atoms. The van der Waals surface area contributed by atoms with Crippen molar-refractivity contribution in [3.05, 3.63) is 52.3 Å². The van der Waals surface area contributed by atoms with Crippen LogP contribution in [0, 0.1) is 0 Å². The molecule has 18 heavy (non-hydrogen) atoms. The quantitative estimate of drug-likeness (QED) is 0.876. The molecule has 1 aromatic carbocycles. The van der Waals surface area contributed by atoms with Gasteiger partial charge in [0, 0.05) is 10.7 Å². The van der Waals surface area contributed by atoms with E-state index >= 15 is 0 Å². The molecule has 0 radical (unpaired) electrons. The van der Waals surface area contributed by atoms with Crippen molar-refractivity contribution in [1.29, 1.82) is 0 Å². The fraction of sp³-hybridized carbons (Fsp3) is 0.231. The number of hydrogen-bond acceptors (Lipinski definition) is 2. The Morgan fingerprint density at radius 2 is 2.28 bits per heavy atom. The van der Waals surface area contributed by atoms with E-state index in [1.54, 1.807) is 10.9 Å². The molecule has 1 amide bonds. The number of carbonyl (C=O) groups excluding carboxylic acids is 1. The summed E-state index contributed by atoms with van der Waals surface area (Å²) in [6, 6.07) is 9.90. The van der Waals surface area contributed by atoms with Gasteiger partial charge in [-0.3, -0.25) is 9.48 Å². The number of carbonyl (C=O) groups is 1. The zero-order valence-corrected chi connectivity index (χ0v) is 11.4. The van der Waals surface area contributed by atoms with E-state index in [0.29, 0.717) is 0 Å². The van der Waals surface area contributed by atoms with Gasteiger partial charge in [-0.2, -0.15) is 5.10 Å². The molecular weight excluding hydrogens is 294 g/mol. The minimum Gasteiger partial charge on any atom is -0.340 e. The summed E-state index contributed by atoms with van der Waals surface area (Å²) in [4.78, 5) is 11.8. The van der Waals surface area contributed by atoms with Gasteiger partial charge in [-0.25, -0.2) is 0 Å². The van der Waals surface area contributed by atoms with Gasteiger partial charge in [0.25, 0.3) is 0 Å². The van der Waals surface area contributed by atoms with Crippen molar-refractivity contribution in [2.24, 2.45) is 0 Å². The first kappa shape index (κ1) is 11.5. The number of rotatable bonds is 1. The Labute approximate surface area is 113 Å². The maximum atomic E-state index is 11.8. The Kier molecular flexibility index (Phi) is 2.52. The van der Waals surface area contributed by atoms with Gasteiger partial charge in [0.2, 0.25) is 5.91 Å². The lowest BCUT2D eigenvalue weighted by Crippen LogP contribution is -2.51. The molecule has 3 rings (SSSR count). The molecule has 1 aliphatic rings. The number of hydrogen-bond donors (Lipinski definition) is 1. The lowest BCUT2D eigenvalue weighted by atomic mass is 9.87. The van der Waals surface area contributed by atoms with E-state index in [1.807, 2.05) is 37.3 Å². The summed E-state index contributed by atoms with van der Waals surface area (Å²) in [5.41, 5.74) is 1.50. The Morgan fingerprint density at radius 1 is 1.44 bits per heavy atom. The van der Waals surface area contributed by atoms with Crippen molar-refractivity contribution in [3.63, 3.8) is 0 Å². The summed E-state index contributed by atoms with van der Waals surface area (Å²) in [6.45, 7) is 2.28. The van der Waals surface area contributed by atoms with Gasteiger partial charge in [-0.15, -0.1) is 0 Å². The van der Waals surface area contributed by atoms with Gasteiger partial charge in [-0.05, 0) is 30.7 Å². The Hall–Kier alpha value is -1.62. The Balaban J connectivity index is 2.18. The first-order valence-corrected chi connectivity index (χ1v) is 6.48. The summed E-state index contributed by atoms with van der Waals surface area (Å²) in [5, 5.41) is 7.25. The molecule has 5 heteroatoms. The van der Waals surface area contributed by atoms with Crippen LogP contribution >= 0.6 is 15.9 Å². The van der Waals surface area contributed by atoms with E-state index < -0.39 is 5.54 Å². The molecule has 0 saturated carbocycles. The minimum absolute atomic E-state index is 0.0197. The summed E-state index contributed by atoms with van der Waals surface area (Å²) in [5.74, 6) is -0.0197. The van der Waals surface area contributed by atoms with E-state index in [-0.39, 0.29) is 12.5 Å². The molecule has 2 aromatic rings. The number of amides is 1. The number of nitrogens with one attached hydrogen (secondary N) is 1. The van der Waals surface area contributed by atoms with Crippen LogP contribution in [0.15, 0.2) is 41.0 Å². The monoisotopic (exact) mass is 305 g/mol. The van der Waals surface area contributed by atoms with Crippen LogP contribution in [0.2, 0.25) is 0 Å². The molecule has 1 aromatic heterocycles. The third-order valence-electron chi connectivity index (χ3n) is 3.31. The van der Waals surface area contributed by atoms with Crippen molar-refractivity contribution in [2.45, 2.75) is 19.0 Å². The minimum atomic E-state index is -0.532. The fourth-order valence-corrected chi connectivity index (χ4v) is 2.82. The van der Waals surface area contributed by atoms with Gasteiger partial charge in [0.1, 0.15) is 12.1 Å². The van der Waals surface area contributed by atoms with E-state index in [1.165, 1.54) is 0 Å². The Bertz CT molecular complexity index is 622. The van der Waals surface area contributed by atoms with Crippen LogP contribution in [0.5, 0.6) is 0 Å². The largest absolute Gasteiger partial charge is 0.340 e. The summed E-state index contributed by atoms with van der Waals surface area (Å²) < 4.78 is 2.74. The van der Waals surface area contributed by atoms with Gasteiger partial charge in [0.05, 0.1) is 5.69 Å². The second-order valence-electron chi connectivity index (χ2n) is 4.56. The first-order chi connectivity index (χ1) is 8.59. The van der Waals surface area contributed by atoms with Gasteiger partial charge in [-0.1, -0.05) is 28.1 Å². The van der Waals surface area contributed by atoms with Crippen LogP contribution in [0.25, 0.3) is 0 Å². The van der Waals surface area contributed by atoms with Crippen LogP contribution < -0.4 is 5.32 Å². The zero-order valence-electron chi connectivity index (χ0n) is 9.85. The predicted molar refractivity (Wildman–Crippen MR) is 71.0 cm³/mol. The summed E-state index contributed by atoms with van der Waals surface area (Å²) >= 11 is 3.46. The number of halogens is 1. The molecule has 1 aliphatic heterocycles. The molecule has 0 aliphatic carbocycles. The van der Waals surface area contributed by atoms with E-state index in [0.717, 1.165) is 15.7 Å². The molecule has 0 fully saturated rings. The highest BCUT2D eigenvalue weighted by atomic mass is 79.9. The van der Waals surface area contributed by atoms with Crippen LogP contribution in [0.1, 0.15) is 18.2 Å². The van der Waals surface area contributed by atoms with Crippen molar-refractivity contribution in [1.82, 2.24) is 15.1 Å². The SMILES string of the molecule is C[C@]1(c2cccc(Br)c2)NC(=O)Cn2nccc21. The average molecular weight is 306 g/mol. The molecule has 1 atom stereocenters. The molecule has 1 N–H and O–H groups in total. The van der Waals surface area contributed by atoms with Crippen molar-refractivity contribution in [2.75, 3.05) is 0 Å². The zero-order chi connectivity index (χ0) is 12.8. The standard InChI is InChI=1S/C13H12BrN3O/c1-13(9-3-2-4-10(14)7-9)11-5-6-15-17(11)8-12(18)16-13/h2-7H,8H2,1H3,(H,16,18)/t13-/m1/s1. The number of nitrogens with zero attached hydrogens (tertiary/aromatic N) is 2. The molecule has 0 unspecified atom stereocenters. The Morgan fingerprint density at radius 3 is 3.06 bits per heavy atom. The topological polar surface area (TPSA) is 46.9 Å². The van der Waals surface area contributed by atoms with Crippen LogP contribution in [-0.2, 0) is 16.9 Å². The summed E-state index contributed by atoms with van der Waals surface area (Å²) in [7, 11) is 0. The predicted octanol–water partition coefficient (Wildman–Crippen LogP) is 2.04. The van der Waals surface area contributed by atoms with E-state index in [9.17, 15) is 4.79 Å². The maximum Gasteiger partial charge on any atom is 0.242 e. The highest BCUT2D eigenvalue weighted by Gasteiger charge is 2.37. The number of aromatic nitrogens is 2. The van der Waals surface area contributed by atoms with Crippen molar-refractivity contribution >= 4 is 21.8 Å². The second-order valence-corrected chi connectivity index (χ2v) is 5.47. The summed E-state index contributed by atoms with van der Waals surface area (Å²) in [6.07, 6.45) is 1.73. The lowest BCUT2D eigenvalue weighted by molar-refractivity contribution is -0.124. The lowest BCUT2D eigenvalue weighted by Gasteiger charge is -2.35. The van der Waals surface area contributed by atoms with Gasteiger partial charge in [0.15, 0.2) is 0 Å². The maximum absolute atomic E-state index is 11.8. The third kappa shape index (κ3) is 1.66. The normalized spacial score (nSPS) is 22.4. The smallest absolute Gasteiger partial charge is 0.242 e. The fourth-order valence-electron chi connectivity index (χ4n) is 2.42. The van der Waals surface area contributed by atoms with E-state index in [2.05, 4.69) is 26.3 Å². The molecule has 2 heterocycles. The molecule has 4 nitrogen and oxygen atoms in total. The van der Waals surface area contributed by atoms with Crippen LogP contribution in [-0.4, -0.2) is 15.7 Å². The third-order valence-corrected chi connectivity index (χ3v) is 3.81. The van der Waals surface area contributed by atoms with Crippen molar-refractivity contribution < 1.29 is 4.79 Å². The first-order valence-electron chi connectivity index (χ1n) is 5.69. The highest BCUT2D eigenvalue weighted by molar-refractivity contribution is 9.10. The molecule has 0 saturated heterocycles. The second kappa shape index (κ2) is 3.95. The van der Waals surface area contributed by atoms with Crippen molar-refractivity contribution in [3.8, 4) is 0 Å². The van der Waals surface area contributed by atoms with Crippen LogP contribution in [0.4, 0.5) is 0 Å². The molecule has 92 valence electrons. The van der Waals surface area contributed by atoms with Gasteiger partial charge < -0.3 is 5.32 Å². The highest BCUT2D eigenvalue weighted by Crippen LogP contribution is 2.32. The van der Waals surface area contributed by atoms with E-state index in [4.69, 9.17) is 0 Å². The van der Waals surface area contributed by atoms with Crippen LogP contribution in [0.3, 0.4) is 0 Å². The number of benzene rings is 1. The van der Waals surface area contributed by atoms with Gasteiger partial charge >= 0.3 is 0 Å². The molecular formula is C13H12BrN3O. The number of fused-ring (bicyclic) bond motifs is 1.